The minimum absolute atomic E-state index is 0.0377. The van der Waals surface area contributed by atoms with Crippen LogP contribution in [0.1, 0.15) is 23.2 Å². The van der Waals surface area contributed by atoms with Crippen molar-refractivity contribution in [3.8, 4) is 0 Å². The number of nitrogens with two attached hydrogens (primary N) is 1. The van der Waals surface area contributed by atoms with Gasteiger partial charge < -0.3 is 11.1 Å². The first-order valence-electron chi connectivity index (χ1n) is 6.65. The van der Waals surface area contributed by atoms with E-state index in [1.807, 2.05) is 38.2 Å². The SMILES string of the molecule is Cc1c(CNC(=O)CCc2cccc(N)c2)cnn1C. The van der Waals surface area contributed by atoms with E-state index in [0.717, 1.165) is 22.5 Å². The molecule has 1 amide bonds. The average molecular weight is 272 g/mol. The second-order valence-corrected chi connectivity index (χ2v) is 4.90. The molecule has 0 aliphatic rings. The Kier molecular flexibility index (Phi) is 4.40. The lowest BCUT2D eigenvalue weighted by atomic mass is 10.1. The molecule has 2 aromatic rings. The zero-order valence-electron chi connectivity index (χ0n) is 11.9. The zero-order valence-corrected chi connectivity index (χ0v) is 11.9. The Hall–Kier alpha value is -2.30. The lowest BCUT2D eigenvalue weighted by Crippen LogP contribution is -2.23. The maximum Gasteiger partial charge on any atom is 0.220 e. The minimum Gasteiger partial charge on any atom is -0.399 e. The summed E-state index contributed by atoms with van der Waals surface area (Å²) in [5, 5.41) is 7.06. The summed E-state index contributed by atoms with van der Waals surface area (Å²) < 4.78 is 1.80. The van der Waals surface area contributed by atoms with Crippen molar-refractivity contribution in [2.45, 2.75) is 26.3 Å². The summed E-state index contributed by atoms with van der Waals surface area (Å²) in [6.07, 6.45) is 2.94. The first kappa shape index (κ1) is 14.1. The van der Waals surface area contributed by atoms with E-state index in [9.17, 15) is 4.79 Å². The molecule has 0 saturated heterocycles. The molecular formula is C15H20N4O. The maximum atomic E-state index is 11.8. The van der Waals surface area contributed by atoms with Crippen molar-refractivity contribution in [2.75, 3.05) is 5.73 Å². The van der Waals surface area contributed by atoms with Crippen LogP contribution >= 0.6 is 0 Å². The molecule has 0 bridgehead atoms. The van der Waals surface area contributed by atoms with Crippen LogP contribution in [0.15, 0.2) is 30.5 Å². The number of aryl methyl sites for hydroxylation is 2. The van der Waals surface area contributed by atoms with Gasteiger partial charge in [0, 0.05) is 37.0 Å². The normalized spacial score (nSPS) is 10.5. The van der Waals surface area contributed by atoms with Gasteiger partial charge in [-0.05, 0) is 31.0 Å². The highest BCUT2D eigenvalue weighted by Crippen LogP contribution is 2.09. The second kappa shape index (κ2) is 6.23. The Bertz CT molecular complexity index is 604. The highest BCUT2D eigenvalue weighted by atomic mass is 16.1. The number of nitrogen functional groups attached to an aromatic ring is 1. The fourth-order valence-corrected chi connectivity index (χ4v) is 2.01. The predicted molar refractivity (Wildman–Crippen MR) is 79.0 cm³/mol. The first-order valence-corrected chi connectivity index (χ1v) is 6.65. The third-order valence-corrected chi connectivity index (χ3v) is 3.40. The van der Waals surface area contributed by atoms with Crippen molar-refractivity contribution in [2.24, 2.45) is 7.05 Å². The van der Waals surface area contributed by atoms with Crippen molar-refractivity contribution in [1.82, 2.24) is 15.1 Å². The van der Waals surface area contributed by atoms with Crippen molar-refractivity contribution in [3.63, 3.8) is 0 Å². The van der Waals surface area contributed by atoms with Gasteiger partial charge >= 0.3 is 0 Å². The lowest BCUT2D eigenvalue weighted by molar-refractivity contribution is -0.121. The van der Waals surface area contributed by atoms with Crippen molar-refractivity contribution < 1.29 is 4.79 Å². The molecule has 2 rings (SSSR count). The summed E-state index contributed by atoms with van der Waals surface area (Å²) in [6, 6.07) is 7.63. The van der Waals surface area contributed by atoms with Gasteiger partial charge in [0.25, 0.3) is 0 Å². The van der Waals surface area contributed by atoms with E-state index in [1.165, 1.54) is 0 Å². The number of hydrogen-bond donors (Lipinski definition) is 2. The molecule has 0 saturated carbocycles. The summed E-state index contributed by atoms with van der Waals surface area (Å²) in [5.74, 6) is 0.0377. The first-order chi connectivity index (χ1) is 9.56. The van der Waals surface area contributed by atoms with Gasteiger partial charge in [0.15, 0.2) is 0 Å². The van der Waals surface area contributed by atoms with Crippen LogP contribution in [-0.4, -0.2) is 15.7 Å². The molecule has 0 atom stereocenters. The standard InChI is InChI=1S/C15H20N4O/c1-11-13(10-18-19(11)2)9-17-15(20)7-6-12-4-3-5-14(16)8-12/h3-5,8,10H,6-7,9,16H2,1-2H3,(H,17,20). The second-order valence-electron chi connectivity index (χ2n) is 4.90. The van der Waals surface area contributed by atoms with Crippen LogP contribution in [0.25, 0.3) is 0 Å². The third-order valence-electron chi connectivity index (χ3n) is 3.40. The number of amides is 1. The van der Waals surface area contributed by atoms with Crippen molar-refractivity contribution >= 4 is 11.6 Å². The number of carbonyl (C=O) groups excluding carboxylic acids is 1. The minimum atomic E-state index is 0.0377. The van der Waals surface area contributed by atoms with Crippen LogP contribution in [0.2, 0.25) is 0 Å². The van der Waals surface area contributed by atoms with E-state index in [-0.39, 0.29) is 5.91 Å². The Balaban J connectivity index is 1.80. The summed E-state index contributed by atoms with van der Waals surface area (Å²) >= 11 is 0. The molecule has 0 spiro atoms. The number of nitrogens with one attached hydrogen (secondary N) is 1. The molecule has 0 radical (unpaired) electrons. The number of anilines is 1. The fourth-order valence-electron chi connectivity index (χ4n) is 2.01. The molecule has 106 valence electrons. The number of benzene rings is 1. The molecule has 20 heavy (non-hydrogen) atoms. The predicted octanol–water partition coefficient (Wildman–Crippen LogP) is 1.56. The number of hydrogen-bond acceptors (Lipinski definition) is 3. The van der Waals surface area contributed by atoms with Crippen LogP contribution in [0.5, 0.6) is 0 Å². The van der Waals surface area contributed by atoms with Crippen LogP contribution < -0.4 is 11.1 Å². The number of rotatable bonds is 5. The summed E-state index contributed by atoms with van der Waals surface area (Å²) in [5.41, 5.74) is 9.64. The Morgan fingerprint density at radius 1 is 1.45 bits per heavy atom. The van der Waals surface area contributed by atoms with E-state index in [2.05, 4.69) is 10.4 Å². The van der Waals surface area contributed by atoms with Crippen LogP contribution in [0.4, 0.5) is 5.69 Å². The van der Waals surface area contributed by atoms with E-state index in [4.69, 9.17) is 5.73 Å². The highest BCUT2D eigenvalue weighted by molar-refractivity contribution is 5.76. The van der Waals surface area contributed by atoms with Crippen LogP contribution in [0, 0.1) is 6.92 Å². The van der Waals surface area contributed by atoms with Gasteiger partial charge in [0.2, 0.25) is 5.91 Å². The third kappa shape index (κ3) is 3.60. The van der Waals surface area contributed by atoms with Crippen molar-refractivity contribution in [3.05, 3.63) is 47.3 Å². The number of nitrogens with zero attached hydrogens (tertiary/aromatic N) is 2. The summed E-state index contributed by atoms with van der Waals surface area (Å²) in [7, 11) is 1.89. The van der Waals surface area contributed by atoms with Crippen molar-refractivity contribution in [1.29, 1.82) is 0 Å². The molecule has 5 heteroatoms. The molecule has 0 aliphatic heterocycles. The van der Waals surface area contributed by atoms with E-state index in [1.54, 1.807) is 10.9 Å². The quantitative estimate of drug-likeness (QED) is 0.811. The van der Waals surface area contributed by atoms with E-state index in [0.29, 0.717) is 19.4 Å². The molecule has 0 unspecified atom stereocenters. The van der Waals surface area contributed by atoms with E-state index < -0.39 is 0 Å². The molecule has 0 fully saturated rings. The highest BCUT2D eigenvalue weighted by Gasteiger charge is 2.06. The molecular weight excluding hydrogens is 252 g/mol. The van der Waals surface area contributed by atoms with Crippen LogP contribution in [-0.2, 0) is 24.8 Å². The summed E-state index contributed by atoms with van der Waals surface area (Å²) in [4.78, 5) is 11.8. The fraction of sp³-hybridized carbons (Fsp3) is 0.333. The van der Waals surface area contributed by atoms with E-state index >= 15 is 0 Å². The maximum absolute atomic E-state index is 11.8. The lowest BCUT2D eigenvalue weighted by Gasteiger charge is -2.06. The number of carbonyl (C=O) groups is 1. The Labute approximate surface area is 118 Å². The molecule has 1 heterocycles. The Morgan fingerprint density at radius 2 is 2.25 bits per heavy atom. The smallest absolute Gasteiger partial charge is 0.220 e. The molecule has 3 N–H and O–H groups in total. The van der Waals surface area contributed by atoms with Gasteiger partial charge in [-0.25, -0.2) is 0 Å². The molecule has 1 aromatic carbocycles. The molecule has 0 aliphatic carbocycles. The summed E-state index contributed by atoms with van der Waals surface area (Å²) in [6.45, 7) is 2.51. The monoisotopic (exact) mass is 272 g/mol. The van der Waals surface area contributed by atoms with Gasteiger partial charge in [-0.1, -0.05) is 12.1 Å². The number of aromatic nitrogens is 2. The zero-order chi connectivity index (χ0) is 14.5. The van der Waals surface area contributed by atoms with Gasteiger partial charge in [-0.2, -0.15) is 5.10 Å². The van der Waals surface area contributed by atoms with Gasteiger partial charge in [-0.15, -0.1) is 0 Å². The molecule has 1 aromatic heterocycles. The van der Waals surface area contributed by atoms with Gasteiger partial charge in [0.05, 0.1) is 6.20 Å². The largest absolute Gasteiger partial charge is 0.399 e. The van der Waals surface area contributed by atoms with Crippen LogP contribution in [0.3, 0.4) is 0 Å². The van der Waals surface area contributed by atoms with Gasteiger partial charge in [0.1, 0.15) is 0 Å². The topological polar surface area (TPSA) is 72.9 Å². The molecule has 5 nitrogen and oxygen atoms in total. The average Bonchev–Trinajstić information content (AvgIpc) is 2.74. The Morgan fingerprint density at radius 3 is 2.90 bits per heavy atom. The van der Waals surface area contributed by atoms with Gasteiger partial charge in [-0.3, -0.25) is 9.48 Å².